The maximum atomic E-state index is 12.5. The Bertz CT molecular complexity index is 768. The standard InChI is InChI=1S/C23H32N4O/c1-25-18-22(16-24-25)23(28)27-13-9-20(10-14-27)15-19-5-7-21(8-6-19)17-26-11-3-2-4-12-26/h5-8,16,18,20H,2-4,9-15,17H2,1H3. The molecule has 0 spiro atoms. The summed E-state index contributed by atoms with van der Waals surface area (Å²) >= 11 is 0. The zero-order valence-electron chi connectivity index (χ0n) is 17.0. The molecule has 5 heteroatoms. The van der Waals surface area contributed by atoms with Crippen LogP contribution in [0, 0.1) is 5.92 Å². The van der Waals surface area contributed by atoms with Crippen LogP contribution in [0.15, 0.2) is 36.7 Å². The smallest absolute Gasteiger partial charge is 0.257 e. The van der Waals surface area contributed by atoms with Gasteiger partial charge in [-0.05, 0) is 62.2 Å². The van der Waals surface area contributed by atoms with Gasteiger partial charge in [0.25, 0.3) is 5.91 Å². The maximum absolute atomic E-state index is 12.5. The summed E-state index contributed by atoms with van der Waals surface area (Å²) in [6.07, 6.45) is 10.9. The molecule has 2 aliphatic heterocycles. The molecule has 0 radical (unpaired) electrons. The van der Waals surface area contributed by atoms with Gasteiger partial charge in [-0.2, -0.15) is 5.10 Å². The number of amides is 1. The van der Waals surface area contributed by atoms with E-state index in [9.17, 15) is 4.79 Å². The van der Waals surface area contributed by atoms with Gasteiger partial charge in [-0.1, -0.05) is 30.7 Å². The Morgan fingerprint density at radius 2 is 1.68 bits per heavy atom. The minimum absolute atomic E-state index is 0.119. The van der Waals surface area contributed by atoms with Crippen LogP contribution < -0.4 is 0 Å². The normalized spacial score (nSPS) is 19.1. The van der Waals surface area contributed by atoms with Crippen molar-refractivity contribution in [3.05, 3.63) is 53.3 Å². The summed E-state index contributed by atoms with van der Waals surface area (Å²) in [6.45, 7) is 5.29. The number of likely N-dealkylation sites (tertiary alicyclic amines) is 2. The molecule has 0 atom stereocenters. The van der Waals surface area contributed by atoms with E-state index in [0.717, 1.165) is 38.9 Å². The van der Waals surface area contributed by atoms with E-state index in [1.807, 2.05) is 11.9 Å². The molecule has 150 valence electrons. The van der Waals surface area contributed by atoms with Gasteiger partial charge in [0.05, 0.1) is 11.8 Å². The number of carbonyl (C=O) groups is 1. The molecule has 1 amide bonds. The highest BCUT2D eigenvalue weighted by atomic mass is 16.2. The number of rotatable bonds is 5. The number of benzene rings is 1. The van der Waals surface area contributed by atoms with Gasteiger partial charge in [-0.3, -0.25) is 14.4 Å². The lowest BCUT2D eigenvalue weighted by molar-refractivity contribution is 0.0690. The molecule has 3 heterocycles. The highest BCUT2D eigenvalue weighted by Crippen LogP contribution is 2.23. The predicted molar refractivity (Wildman–Crippen MR) is 111 cm³/mol. The van der Waals surface area contributed by atoms with Crippen LogP contribution in [0.4, 0.5) is 0 Å². The van der Waals surface area contributed by atoms with Gasteiger partial charge in [0.15, 0.2) is 0 Å². The Balaban J connectivity index is 1.24. The van der Waals surface area contributed by atoms with Gasteiger partial charge in [-0.15, -0.1) is 0 Å². The lowest BCUT2D eigenvalue weighted by Gasteiger charge is -2.32. The van der Waals surface area contributed by atoms with E-state index < -0.39 is 0 Å². The number of hydrogen-bond acceptors (Lipinski definition) is 3. The molecule has 28 heavy (non-hydrogen) atoms. The van der Waals surface area contributed by atoms with Crippen molar-refractivity contribution in [1.29, 1.82) is 0 Å². The number of aryl methyl sites for hydroxylation is 1. The molecule has 0 aliphatic carbocycles. The van der Waals surface area contributed by atoms with E-state index in [4.69, 9.17) is 0 Å². The molecule has 0 saturated carbocycles. The molecule has 1 aromatic heterocycles. The molecule has 0 N–H and O–H groups in total. The van der Waals surface area contributed by atoms with Gasteiger partial charge < -0.3 is 4.90 Å². The van der Waals surface area contributed by atoms with Crippen molar-refractivity contribution in [2.75, 3.05) is 26.2 Å². The second-order valence-corrected chi connectivity index (χ2v) is 8.50. The molecule has 2 aliphatic rings. The fourth-order valence-electron chi connectivity index (χ4n) is 4.54. The summed E-state index contributed by atoms with van der Waals surface area (Å²) in [4.78, 5) is 17.1. The maximum Gasteiger partial charge on any atom is 0.257 e. The van der Waals surface area contributed by atoms with Crippen molar-refractivity contribution in [3.8, 4) is 0 Å². The second kappa shape index (κ2) is 8.91. The van der Waals surface area contributed by atoms with Crippen molar-refractivity contribution in [1.82, 2.24) is 19.6 Å². The molecule has 4 rings (SSSR count). The summed E-state index contributed by atoms with van der Waals surface area (Å²) in [5.74, 6) is 0.791. The van der Waals surface area contributed by atoms with Gasteiger partial charge >= 0.3 is 0 Å². The van der Waals surface area contributed by atoms with Crippen molar-refractivity contribution in [2.24, 2.45) is 13.0 Å². The van der Waals surface area contributed by atoms with Crippen LogP contribution >= 0.6 is 0 Å². The average molecular weight is 381 g/mol. The number of aromatic nitrogens is 2. The molecule has 2 aromatic rings. The number of nitrogens with zero attached hydrogens (tertiary/aromatic N) is 4. The minimum Gasteiger partial charge on any atom is -0.339 e. The molecule has 1 aromatic carbocycles. The Hall–Kier alpha value is -2.14. The fraction of sp³-hybridized carbons (Fsp3) is 0.565. The van der Waals surface area contributed by atoms with Crippen LogP contribution in [0.3, 0.4) is 0 Å². The van der Waals surface area contributed by atoms with Crippen LogP contribution in [-0.4, -0.2) is 51.7 Å². The van der Waals surface area contributed by atoms with Crippen LogP contribution in [-0.2, 0) is 20.0 Å². The SMILES string of the molecule is Cn1cc(C(=O)N2CCC(Cc3ccc(CN4CCCCC4)cc3)CC2)cn1. The van der Waals surface area contributed by atoms with E-state index in [0.29, 0.717) is 11.5 Å². The summed E-state index contributed by atoms with van der Waals surface area (Å²) < 4.78 is 1.69. The first-order valence-corrected chi connectivity index (χ1v) is 10.8. The highest BCUT2D eigenvalue weighted by Gasteiger charge is 2.24. The quantitative estimate of drug-likeness (QED) is 0.797. The van der Waals surface area contributed by atoms with E-state index in [2.05, 4.69) is 34.3 Å². The van der Waals surface area contributed by atoms with E-state index in [-0.39, 0.29) is 5.91 Å². The first-order valence-electron chi connectivity index (χ1n) is 10.8. The van der Waals surface area contributed by atoms with Crippen LogP contribution in [0.2, 0.25) is 0 Å². The topological polar surface area (TPSA) is 41.4 Å². The minimum atomic E-state index is 0.119. The van der Waals surface area contributed by atoms with Gasteiger partial charge in [-0.25, -0.2) is 0 Å². The summed E-state index contributed by atoms with van der Waals surface area (Å²) in [5.41, 5.74) is 3.56. The Labute approximate surface area is 168 Å². The van der Waals surface area contributed by atoms with Crippen LogP contribution in [0.1, 0.15) is 53.6 Å². The predicted octanol–water partition coefficient (Wildman–Crippen LogP) is 3.50. The second-order valence-electron chi connectivity index (χ2n) is 8.50. The molecule has 2 fully saturated rings. The third-order valence-corrected chi connectivity index (χ3v) is 6.26. The lowest BCUT2D eigenvalue weighted by atomic mass is 9.89. The van der Waals surface area contributed by atoms with E-state index in [1.54, 1.807) is 17.1 Å². The highest BCUT2D eigenvalue weighted by molar-refractivity contribution is 5.93. The van der Waals surface area contributed by atoms with Crippen LogP contribution in [0.5, 0.6) is 0 Å². The number of piperidine rings is 2. The van der Waals surface area contributed by atoms with Gasteiger partial charge in [0, 0.05) is 32.9 Å². The first-order chi connectivity index (χ1) is 13.7. The number of hydrogen-bond donors (Lipinski definition) is 0. The van der Waals surface area contributed by atoms with Crippen molar-refractivity contribution in [3.63, 3.8) is 0 Å². The fourth-order valence-corrected chi connectivity index (χ4v) is 4.54. The van der Waals surface area contributed by atoms with Gasteiger partial charge in [0.1, 0.15) is 0 Å². The third kappa shape index (κ3) is 4.82. The largest absolute Gasteiger partial charge is 0.339 e. The molecular weight excluding hydrogens is 348 g/mol. The monoisotopic (exact) mass is 380 g/mol. The molecule has 0 bridgehead atoms. The zero-order chi connectivity index (χ0) is 19.3. The van der Waals surface area contributed by atoms with Gasteiger partial charge in [0.2, 0.25) is 0 Å². The molecule has 5 nitrogen and oxygen atoms in total. The first kappa shape index (κ1) is 19.2. The van der Waals surface area contributed by atoms with Crippen molar-refractivity contribution in [2.45, 2.75) is 45.1 Å². The lowest BCUT2D eigenvalue weighted by Crippen LogP contribution is -2.38. The third-order valence-electron chi connectivity index (χ3n) is 6.26. The molecular formula is C23H32N4O. The Kier molecular flexibility index (Phi) is 6.10. The average Bonchev–Trinajstić information content (AvgIpc) is 3.17. The van der Waals surface area contributed by atoms with E-state index in [1.165, 1.54) is 43.5 Å². The Morgan fingerprint density at radius 1 is 1.00 bits per heavy atom. The summed E-state index contributed by atoms with van der Waals surface area (Å²) in [7, 11) is 1.85. The Morgan fingerprint density at radius 3 is 2.32 bits per heavy atom. The zero-order valence-corrected chi connectivity index (χ0v) is 17.0. The number of carbonyl (C=O) groups excluding carboxylic acids is 1. The molecule has 2 saturated heterocycles. The summed E-state index contributed by atoms with van der Waals surface area (Å²) in [6, 6.07) is 9.24. The van der Waals surface area contributed by atoms with Crippen molar-refractivity contribution < 1.29 is 4.79 Å². The van der Waals surface area contributed by atoms with E-state index >= 15 is 0 Å². The van der Waals surface area contributed by atoms with Crippen LogP contribution in [0.25, 0.3) is 0 Å². The van der Waals surface area contributed by atoms with Crippen molar-refractivity contribution >= 4 is 5.91 Å². The summed E-state index contributed by atoms with van der Waals surface area (Å²) in [5, 5.41) is 4.11. The molecule has 0 unspecified atom stereocenters.